The number of amides is 2. The summed E-state index contributed by atoms with van der Waals surface area (Å²) in [4.78, 5) is 22.6. The SMILES string of the molecule is C[C@H](Sc1nnc(NC(=O)Nc2ccc(Cl)cc2)s1)C(=O)O. The number of nitrogens with one attached hydrogen (secondary N) is 2. The van der Waals surface area contributed by atoms with E-state index in [0.29, 0.717) is 15.0 Å². The molecular formula is C12H11ClN4O3S2. The highest BCUT2D eigenvalue weighted by Crippen LogP contribution is 2.28. The third-order valence-electron chi connectivity index (χ3n) is 2.35. The number of carbonyl (C=O) groups is 2. The number of anilines is 2. The maximum atomic E-state index is 11.8. The largest absolute Gasteiger partial charge is 0.480 e. The number of hydrogen-bond acceptors (Lipinski definition) is 6. The molecule has 10 heteroatoms. The molecule has 0 saturated carbocycles. The summed E-state index contributed by atoms with van der Waals surface area (Å²) in [6, 6.07) is 6.17. The van der Waals surface area contributed by atoms with Gasteiger partial charge in [-0.2, -0.15) is 0 Å². The van der Waals surface area contributed by atoms with Crippen molar-refractivity contribution in [2.75, 3.05) is 10.6 Å². The van der Waals surface area contributed by atoms with Gasteiger partial charge in [-0.1, -0.05) is 34.7 Å². The molecule has 0 aliphatic carbocycles. The maximum Gasteiger partial charge on any atom is 0.325 e. The first-order chi connectivity index (χ1) is 10.4. The Balaban J connectivity index is 1.90. The highest BCUT2D eigenvalue weighted by atomic mass is 35.5. The van der Waals surface area contributed by atoms with Crippen molar-refractivity contribution < 1.29 is 14.7 Å². The lowest BCUT2D eigenvalue weighted by Crippen LogP contribution is -2.19. The van der Waals surface area contributed by atoms with Crippen LogP contribution in [0.4, 0.5) is 15.6 Å². The Morgan fingerprint density at radius 3 is 2.59 bits per heavy atom. The van der Waals surface area contributed by atoms with Gasteiger partial charge in [-0.3, -0.25) is 10.1 Å². The fraction of sp³-hybridized carbons (Fsp3) is 0.167. The molecule has 0 fully saturated rings. The second-order valence-corrected chi connectivity index (χ2v) is 7.06. The molecule has 3 N–H and O–H groups in total. The molecule has 1 atom stereocenters. The predicted molar refractivity (Wildman–Crippen MR) is 87.0 cm³/mol. The number of carbonyl (C=O) groups excluding carboxylic acids is 1. The molecule has 0 aliphatic rings. The van der Waals surface area contributed by atoms with E-state index < -0.39 is 17.3 Å². The number of carboxylic acids is 1. The number of halogens is 1. The van der Waals surface area contributed by atoms with Gasteiger partial charge in [0.05, 0.1) is 0 Å². The number of thioether (sulfide) groups is 1. The van der Waals surface area contributed by atoms with E-state index in [1.165, 1.54) is 0 Å². The van der Waals surface area contributed by atoms with Crippen molar-refractivity contribution in [3.63, 3.8) is 0 Å². The van der Waals surface area contributed by atoms with Crippen molar-refractivity contribution in [2.45, 2.75) is 16.5 Å². The molecule has 1 aromatic carbocycles. The Labute approximate surface area is 139 Å². The van der Waals surface area contributed by atoms with Gasteiger partial charge in [-0.25, -0.2) is 4.79 Å². The Morgan fingerprint density at radius 1 is 1.27 bits per heavy atom. The fourth-order valence-corrected chi connectivity index (χ4v) is 3.25. The predicted octanol–water partition coefficient (Wildman–Crippen LogP) is 3.40. The molecule has 2 aromatic rings. The fourth-order valence-electron chi connectivity index (χ4n) is 1.30. The summed E-state index contributed by atoms with van der Waals surface area (Å²) in [5.41, 5.74) is 0.584. The number of aromatic nitrogens is 2. The van der Waals surface area contributed by atoms with Crippen molar-refractivity contribution in [3.05, 3.63) is 29.3 Å². The number of rotatable bonds is 5. The van der Waals surface area contributed by atoms with Crippen molar-refractivity contribution in [1.82, 2.24) is 10.2 Å². The molecule has 2 rings (SSSR count). The van der Waals surface area contributed by atoms with Crippen molar-refractivity contribution >= 4 is 57.5 Å². The summed E-state index contributed by atoms with van der Waals surface area (Å²) in [5, 5.41) is 21.8. The topological polar surface area (TPSA) is 104 Å². The van der Waals surface area contributed by atoms with E-state index >= 15 is 0 Å². The van der Waals surface area contributed by atoms with Gasteiger partial charge in [-0.15, -0.1) is 10.2 Å². The highest BCUT2D eigenvalue weighted by molar-refractivity contribution is 8.02. The van der Waals surface area contributed by atoms with E-state index in [1.807, 2.05) is 0 Å². The summed E-state index contributed by atoms with van der Waals surface area (Å²) in [7, 11) is 0. The zero-order chi connectivity index (χ0) is 16.1. The van der Waals surface area contributed by atoms with Gasteiger partial charge in [-0.05, 0) is 31.2 Å². The van der Waals surface area contributed by atoms with Crippen LogP contribution in [0.2, 0.25) is 5.02 Å². The minimum atomic E-state index is -0.935. The Kier molecular flexibility index (Phi) is 5.58. The van der Waals surface area contributed by atoms with Crippen molar-refractivity contribution in [2.24, 2.45) is 0 Å². The average Bonchev–Trinajstić information content (AvgIpc) is 2.88. The van der Waals surface area contributed by atoms with Gasteiger partial charge >= 0.3 is 12.0 Å². The molecule has 1 heterocycles. The van der Waals surface area contributed by atoms with Crippen molar-refractivity contribution in [1.29, 1.82) is 0 Å². The third kappa shape index (κ3) is 4.86. The maximum absolute atomic E-state index is 11.8. The van der Waals surface area contributed by atoms with Crippen LogP contribution in [0.1, 0.15) is 6.92 Å². The molecule has 7 nitrogen and oxygen atoms in total. The molecular weight excluding hydrogens is 348 g/mol. The molecule has 0 spiro atoms. The van der Waals surface area contributed by atoms with E-state index in [-0.39, 0.29) is 5.13 Å². The number of nitrogens with zero attached hydrogens (tertiary/aromatic N) is 2. The lowest BCUT2D eigenvalue weighted by atomic mass is 10.3. The molecule has 22 heavy (non-hydrogen) atoms. The zero-order valence-corrected chi connectivity index (χ0v) is 13.6. The van der Waals surface area contributed by atoms with E-state index in [0.717, 1.165) is 23.1 Å². The van der Waals surface area contributed by atoms with Crippen LogP contribution in [0, 0.1) is 0 Å². The minimum absolute atomic E-state index is 0.284. The number of aliphatic carboxylic acids is 1. The van der Waals surface area contributed by atoms with Crippen molar-refractivity contribution in [3.8, 4) is 0 Å². The third-order valence-corrected chi connectivity index (χ3v) is 4.62. The Hall–Kier alpha value is -1.84. The standard InChI is InChI=1S/C12H11ClN4O3S2/c1-6(9(18)19)21-12-17-16-11(22-12)15-10(20)14-8-4-2-7(13)3-5-8/h2-6H,1H3,(H,18,19)(H2,14,15,16,20)/t6-/m0/s1. The van der Waals surface area contributed by atoms with E-state index in [4.69, 9.17) is 16.7 Å². The molecule has 0 radical (unpaired) electrons. The van der Waals surface area contributed by atoms with Crippen LogP contribution in [-0.4, -0.2) is 32.6 Å². The summed E-state index contributed by atoms with van der Waals surface area (Å²) in [5.74, 6) is -0.935. The van der Waals surface area contributed by atoms with Crippen LogP contribution in [0.5, 0.6) is 0 Å². The summed E-state index contributed by atoms with van der Waals surface area (Å²) in [6.45, 7) is 1.55. The average molecular weight is 359 g/mol. The van der Waals surface area contributed by atoms with Crippen LogP contribution < -0.4 is 10.6 Å². The first-order valence-corrected chi connectivity index (χ1v) is 8.08. The van der Waals surface area contributed by atoms with Gasteiger partial charge in [0, 0.05) is 10.7 Å². The van der Waals surface area contributed by atoms with Crippen LogP contribution in [0.3, 0.4) is 0 Å². The van der Waals surface area contributed by atoms with E-state index in [1.54, 1.807) is 31.2 Å². The second-order valence-electron chi connectivity index (χ2n) is 4.06. The molecule has 0 aliphatic heterocycles. The van der Waals surface area contributed by atoms with Crippen LogP contribution in [0.15, 0.2) is 28.6 Å². The molecule has 0 unspecified atom stereocenters. The van der Waals surface area contributed by atoms with Gasteiger partial charge in [0.1, 0.15) is 5.25 Å². The van der Waals surface area contributed by atoms with Gasteiger partial charge in [0.2, 0.25) is 5.13 Å². The zero-order valence-electron chi connectivity index (χ0n) is 11.2. The lowest BCUT2D eigenvalue weighted by Gasteiger charge is -2.04. The lowest BCUT2D eigenvalue weighted by molar-refractivity contribution is -0.136. The smallest absolute Gasteiger partial charge is 0.325 e. The summed E-state index contributed by atoms with van der Waals surface area (Å²) >= 11 is 7.92. The van der Waals surface area contributed by atoms with Gasteiger partial charge < -0.3 is 10.4 Å². The summed E-state index contributed by atoms with van der Waals surface area (Å²) < 4.78 is 0.469. The molecule has 0 bridgehead atoms. The first-order valence-electron chi connectivity index (χ1n) is 6.00. The number of urea groups is 1. The molecule has 116 valence electrons. The monoisotopic (exact) mass is 358 g/mol. The van der Waals surface area contributed by atoms with Crippen LogP contribution in [-0.2, 0) is 4.79 Å². The van der Waals surface area contributed by atoms with Crippen LogP contribution >= 0.6 is 34.7 Å². The minimum Gasteiger partial charge on any atom is -0.480 e. The molecule has 1 aromatic heterocycles. The van der Waals surface area contributed by atoms with Gasteiger partial charge in [0.15, 0.2) is 4.34 Å². The Bertz CT molecular complexity index is 677. The highest BCUT2D eigenvalue weighted by Gasteiger charge is 2.16. The second kappa shape index (κ2) is 7.43. The first kappa shape index (κ1) is 16.5. The van der Waals surface area contributed by atoms with Crippen LogP contribution in [0.25, 0.3) is 0 Å². The van der Waals surface area contributed by atoms with E-state index in [9.17, 15) is 9.59 Å². The molecule has 0 saturated heterocycles. The number of benzene rings is 1. The Morgan fingerprint density at radius 2 is 1.95 bits per heavy atom. The van der Waals surface area contributed by atoms with E-state index in [2.05, 4.69) is 20.8 Å². The molecule has 2 amide bonds. The number of carboxylic acid groups (broad SMARTS) is 1. The summed E-state index contributed by atoms with van der Waals surface area (Å²) in [6.07, 6.45) is 0. The normalized spacial score (nSPS) is 11.7. The number of hydrogen-bond donors (Lipinski definition) is 3. The van der Waals surface area contributed by atoms with Gasteiger partial charge in [0.25, 0.3) is 0 Å². The quantitative estimate of drug-likeness (QED) is 0.559.